The third kappa shape index (κ3) is 1.35. The predicted octanol–water partition coefficient (Wildman–Crippen LogP) is 2.30. The Hall–Kier alpha value is -2.33. The molecule has 2 aliphatic rings. The highest BCUT2D eigenvalue weighted by Gasteiger charge is 2.56. The van der Waals surface area contributed by atoms with Crippen LogP contribution in [0.1, 0.15) is 21.5 Å². The van der Waals surface area contributed by atoms with Gasteiger partial charge in [0.05, 0.1) is 0 Å². The Kier molecular flexibility index (Phi) is 2.28. The number of carbonyl (C=O) groups is 2. The van der Waals surface area contributed by atoms with Gasteiger partial charge in [-0.2, -0.15) is 0 Å². The van der Waals surface area contributed by atoms with Gasteiger partial charge in [-0.3, -0.25) is 9.59 Å². The van der Waals surface area contributed by atoms with Crippen LogP contribution in [0.4, 0.5) is 5.69 Å². The van der Waals surface area contributed by atoms with Crippen molar-refractivity contribution in [3.05, 3.63) is 64.2 Å². The van der Waals surface area contributed by atoms with Gasteiger partial charge in [0.1, 0.15) is 0 Å². The van der Waals surface area contributed by atoms with Crippen LogP contribution in [0.15, 0.2) is 42.5 Å². The van der Waals surface area contributed by atoms with Crippen LogP contribution >= 0.6 is 11.6 Å². The maximum absolute atomic E-state index is 12.9. The minimum Gasteiger partial charge on any atom is -0.330 e. The first-order chi connectivity index (χ1) is 10.1. The molecule has 0 saturated heterocycles. The number of halogens is 1. The molecule has 5 heteroatoms. The Balaban J connectivity index is 2.09. The van der Waals surface area contributed by atoms with Crippen molar-refractivity contribution in [2.75, 3.05) is 11.9 Å². The topological polar surface area (TPSA) is 49.4 Å². The summed E-state index contributed by atoms with van der Waals surface area (Å²) in [5.41, 5.74) is 1.56. The van der Waals surface area contributed by atoms with Gasteiger partial charge < -0.3 is 10.2 Å². The maximum atomic E-state index is 12.9. The molecule has 1 unspecified atom stereocenters. The monoisotopic (exact) mass is 298 g/mol. The van der Waals surface area contributed by atoms with Crippen molar-refractivity contribution in [3.8, 4) is 0 Å². The minimum absolute atomic E-state index is 0.168. The first-order valence-electron chi connectivity index (χ1n) is 6.56. The lowest BCUT2D eigenvalue weighted by Crippen LogP contribution is -2.48. The smallest absolute Gasteiger partial charge is 0.262 e. The van der Waals surface area contributed by atoms with Crippen molar-refractivity contribution >= 4 is 29.1 Å². The fourth-order valence-corrected chi connectivity index (χ4v) is 3.44. The SMILES string of the molecule is CN1C(=O)C2(NC(=O)c3ccc(Cl)cc32)c2ccccc21. The molecular weight excluding hydrogens is 288 g/mol. The van der Waals surface area contributed by atoms with E-state index in [2.05, 4.69) is 5.32 Å². The Bertz CT molecular complexity index is 818. The molecule has 2 aromatic carbocycles. The first-order valence-corrected chi connectivity index (χ1v) is 6.94. The molecule has 0 radical (unpaired) electrons. The summed E-state index contributed by atoms with van der Waals surface area (Å²) in [5.74, 6) is -0.418. The molecule has 104 valence electrons. The van der Waals surface area contributed by atoms with Gasteiger partial charge in [0, 0.05) is 34.4 Å². The summed E-state index contributed by atoms with van der Waals surface area (Å²) >= 11 is 6.08. The molecule has 2 amide bonds. The molecule has 4 nitrogen and oxygen atoms in total. The molecule has 0 bridgehead atoms. The summed E-state index contributed by atoms with van der Waals surface area (Å²) in [6.07, 6.45) is 0. The quantitative estimate of drug-likeness (QED) is 0.811. The van der Waals surface area contributed by atoms with E-state index >= 15 is 0 Å². The summed E-state index contributed by atoms with van der Waals surface area (Å²) < 4.78 is 0. The predicted molar refractivity (Wildman–Crippen MR) is 79.6 cm³/mol. The number of fused-ring (bicyclic) bond motifs is 4. The molecule has 0 saturated carbocycles. The highest BCUT2D eigenvalue weighted by atomic mass is 35.5. The Morgan fingerprint density at radius 3 is 2.67 bits per heavy atom. The van der Waals surface area contributed by atoms with Crippen molar-refractivity contribution in [3.63, 3.8) is 0 Å². The normalized spacial score (nSPS) is 22.5. The number of likely N-dealkylation sites (N-methyl/N-ethyl adjacent to an activating group) is 1. The number of amides is 2. The number of carbonyl (C=O) groups excluding carboxylic acids is 2. The second-order valence-electron chi connectivity index (χ2n) is 5.28. The number of anilines is 1. The van der Waals surface area contributed by atoms with Gasteiger partial charge in [-0.15, -0.1) is 0 Å². The minimum atomic E-state index is -1.15. The van der Waals surface area contributed by atoms with Gasteiger partial charge in [-0.1, -0.05) is 29.8 Å². The number of para-hydroxylation sites is 1. The van der Waals surface area contributed by atoms with E-state index in [0.717, 1.165) is 11.3 Å². The molecule has 21 heavy (non-hydrogen) atoms. The molecular formula is C16H11ClN2O2. The summed E-state index contributed by atoms with van der Waals surface area (Å²) in [6.45, 7) is 0. The highest BCUT2D eigenvalue weighted by molar-refractivity contribution is 6.31. The lowest BCUT2D eigenvalue weighted by atomic mass is 9.85. The highest BCUT2D eigenvalue weighted by Crippen LogP contribution is 2.47. The fraction of sp³-hybridized carbons (Fsp3) is 0.125. The largest absolute Gasteiger partial charge is 0.330 e. The van der Waals surface area contributed by atoms with Crippen LogP contribution in [0.25, 0.3) is 0 Å². The van der Waals surface area contributed by atoms with Crippen molar-refractivity contribution in [1.82, 2.24) is 5.32 Å². The third-order valence-corrected chi connectivity index (χ3v) is 4.46. The maximum Gasteiger partial charge on any atom is 0.262 e. The van der Waals surface area contributed by atoms with Crippen LogP contribution in [0.2, 0.25) is 5.02 Å². The Morgan fingerprint density at radius 1 is 1.10 bits per heavy atom. The number of rotatable bonds is 0. The summed E-state index contributed by atoms with van der Waals surface area (Å²) in [4.78, 5) is 26.7. The second kappa shape index (κ2) is 3.86. The molecule has 2 heterocycles. The van der Waals surface area contributed by atoms with E-state index in [9.17, 15) is 9.59 Å². The van der Waals surface area contributed by atoms with Crippen LogP contribution in [0.5, 0.6) is 0 Å². The number of nitrogens with zero attached hydrogens (tertiary/aromatic N) is 1. The van der Waals surface area contributed by atoms with Crippen molar-refractivity contribution in [2.45, 2.75) is 5.54 Å². The number of nitrogens with one attached hydrogen (secondary N) is 1. The zero-order valence-electron chi connectivity index (χ0n) is 11.2. The van der Waals surface area contributed by atoms with Crippen LogP contribution in [0, 0.1) is 0 Å². The Labute approximate surface area is 126 Å². The van der Waals surface area contributed by atoms with Gasteiger partial charge in [-0.25, -0.2) is 0 Å². The number of hydrogen-bond acceptors (Lipinski definition) is 2. The second-order valence-corrected chi connectivity index (χ2v) is 5.71. The number of hydrogen-bond donors (Lipinski definition) is 1. The van der Waals surface area contributed by atoms with Gasteiger partial charge in [0.25, 0.3) is 11.8 Å². The average Bonchev–Trinajstić information content (AvgIpc) is 2.89. The van der Waals surface area contributed by atoms with Crippen LogP contribution in [-0.2, 0) is 10.3 Å². The van der Waals surface area contributed by atoms with E-state index in [-0.39, 0.29) is 11.8 Å². The van der Waals surface area contributed by atoms with E-state index < -0.39 is 5.54 Å². The third-order valence-electron chi connectivity index (χ3n) is 4.23. The van der Waals surface area contributed by atoms with E-state index in [1.165, 1.54) is 0 Å². The summed E-state index contributed by atoms with van der Waals surface area (Å²) in [5, 5.41) is 3.37. The zero-order valence-corrected chi connectivity index (χ0v) is 11.9. The zero-order chi connectivity index (χ0) is 14.8. The van der Waals surface area contributed by atoms with Gasteiger partial charge in [0.15, 0.2) is 5.54 Å². The first kappa shape index (κ1) is 12.4. The molecule has 0 fully saturated rings. The number of benzene rings is 2. The summed E-state index contributed by atoms with van der Waals surface area (Å²) in [6, 6.07) is 12.5. The molecule has 0 aromatic heterocycles. The molecule has 1 atom stereocenters. The van der Waals surface area contributed by atoms with Crippen molar-refractivity contribution in [1.29, 1.82) is 0 Å². The average molecular weight is 299 g/mol. The van der Waals surface area contributed by atoms with Crippen LogP contribution in [0.3, 0.4) is 0 Å². The van der Waals surface area contributed by atoms with Crippen LogP contribution < -0.4 is 10.2 Å². The lowest BCUT2D eigenvalue weighted by molar-refractivity contribution is -0.122. The molecule has 2 aliphatic heterocycles. The van der Waals surface area contributed by atoms with Gasteiger partial charge in [-0.05, 0) is 24.3 Å². The lowest BCUT2D eigenvalue weighted by Gasteiger charge is -2.24. The molecule has 4 rings (SSSR count). The standard InChI is InChI=1S/C16H11ClN2O2/c1-19-13-5-3-2-4-11(13)16(15(19)21)12-8-9(17)6-7-10(12)14(20)18-16/h2-8H,1H3,(H,18,20). The van der Waals surface area contributed by atoms with Gasteiger partial charge >= 0.3 is 0 Å². The van der Waals surface area contributed by atoms with Crippen LogP contribution in [-0.4, -0.2) is 18.9 Å². The molecule has 2 aromatic rings. The van der Waals surface area contributed by atoms with Crippen molar-refractivity contribution in [2.24, 2.45) is 0 Å². The molecule has 0 aliphatic carbocycles. The van der Waals surface area contributed by atoms with E-state index in [4.69, 9.17) is 11.6 Å². The van der Waals surface area contributed by atoms with E-state index in [0.29, 0.717) is 16.1 Å². The fourth-order valence-electron chi connectivity index (χ4n) is 3.27. The molecule has 1 spiro atoms. The molecule has 1 N–H and O–H groups in total. The van der Waals surface area contributed by atoms with Gasteiger partial charge in [0.2, 0.25) is 0 Å². The van der Waals surface area contributed by atoms with E-state index in [1.807, 2.05) is 24.3 Å². The Morgan fingerprint density at radius 2 is 1.86 bits per heavy atom. The van der Waals surface area contributed by atoms with E-state index in [1.54, 1.807) is 30.1 Å². The van der Waals surface area contributed by atoms with Crippen molar-refractivity contribution < 1.29 is 9.59 Å². The summed E-state index contributed by atoms with van der Waals surface area (Å²) in [7, 11) is 1.71.